The van der Waals surface area contributed by atoms with Crippen molar-refractivity contribution in [3.05, 3.63) is 23.3 Å². The average molecular weight is 280 g/mol. The quantitative estimate of drug-likeness (QED) is 0.622. The van der Waals surface area contributed by atoms with E-state index in [1.807, 2.05) is 0 Å². The molecule has 0 atom stereocenters. The van der Waals surface area contributed by atoms with Crippen molar-refractivity contribution in [3.8, 4) is 0 Å². The van der Waals surface area contributed by atoms with E-state index < -0.39 is 34.9 Å². The monoisotopic (exact) mass is 280 g/mol. The maximum Gasteiger partial charge on any atom is 0.418 e. The summed E-state index contributed by atoms with van der Waals surface area (Å²) in [6.45, 7) is 0. The Kier molecular flexibility index (Phi) is 3.58. The SMILES string of the molecule is FNc1cc(NF)c(C(F)(F)F)cc1C(F)(F)F. The zero-order valence-corrected chi connectivity index (χ0v) is 8.18. The van der Waals surface area contributed by atoms with Crippen LogP contribution >= 0.6 is 0 Å². The molecule has 102 valence electrons. The van der Waals surface area contributed by atoms with Gasteiger partial charge in [-0.25, -0.2) is 11.1 Å². The highest BCUT2D eigenvalue weighted by Gasteiger charge is 2.40. The molecule has 0 fully saturated rings. The molecule has 1 aromatic carbocycles. The van der Waals surface area contributed by atoms with Crippen LogP contribution in [0.25, 0.3) is 0 Å². The lowest BCUT2D eigenvalue weighted by molar-refractivity contribution is -0.142. The lowest BCUT2D eigenvalue weighted by atomic mass is 10.1. The summed E-state index contributed by atoms with van der Waals surface area (Å²) in [5.41, 5.74) is -5.31. The van der Waals surface area contributed by atoms with E-state index in [9.17, 15) is 35.3 Å². The Balaban J connectivity index is 3.55. The number of nitrogens with one attached hydrogen (secondary N) is 2. The normalized spacial score (nSPS) is 12.4. The second kappa shape index (κ2) is 4.50. The third-order valence-electron chi connectivity index (χ3n) is 1.97. The molecule has 0 saturated carbocycles. The molecule has 0 bridgehead atoms. The van der Waals surface area contributed by atoms with E-state index in [1.165, 1.54) is 0 Å². The standard InChI is InChI=1S/C8H4F8N2/c9-7(10,11)3-1-4(8(12,13)14)6(18-16)2-5(3)17-15/h1-2,17-18H. The van der Waals surface area contributed by atoms with Crippen LogP contribution < -0.4 is 11.1 Å². The van der Waals surface area contributed by atoms with Crippen LogP contribution in [0.5, 0.6) is 0 Å². The smallest absolute Gasteiger partial charge is 0.224 e. The molecule has 0 aromatic heterocycles. The van der Waals surface area contributed by atoms with Crippen LogP contribution in [0, 0.1) is 0 Å². The van der Waals surface area contributed by atoms with Gasteiger partial charge in [0.25, 0.3) is 0 Å². The number of hydrogen-bond donors (Lipinski definition) is 2. The van der Waals surface area contributed by atoms with E-state index in [1.54, 1.807) is 0 Å². The summed E-state index contributed by atoms with van der Waals surface area (Å²) < 4.78 is 98.3. The highest BCUT2D eigenvalue weighted by Crippen LogP contribution is 2.43. The van der Waals surface area contributed by atoms with E-state index in [4.69, 9.17) is 0 Å². The molecule has 0 radical (unpaired) electrons. The first-order valence-electron chi connectivity index (χ1n) is 4.17. The van der Waals surface area contributed by atoms with Gasteiger partial charge in [-0.3, -0.25) is 0 Å². The Morgan fingerprint density at radius 1 is 0.667 bits per heavy atom. The van der Waals surface area contributed by atoms with Gasteiger partial charge in [-0.1, -0.05) is 0 Å². The number of alkyl halides is 6. The molecule has 0 spiro atoms. The van der Waals surface area contributed by atoms with Crippen LogP contribution in [0.4, 0.5) is 46.7 Å². The second-order valence-electron chi connectivity index (χ2n) is 3.13. The van der Waals surface area contributed by atoms with Crippen molar-refractivity contribution >= 4 is 11.4 Å². The van der Waals surface area contributed by atoms with Gasteiger partial charge in [0, 0.05) is 0 Å². The summed E-state index contributed by atoms with van der Waals surface area (Å²) >= 11 is 0. The number of hydrogen-bond acceptors (Lipinski definition) is 2. The van der Waals surface area contributed by atoms with Gasteiger partial charge < -0.3 is 0 Å². The van der Waals surface area contributed by atoms with E-state index in [0.717, 1.165) is 0 Å². The number of anilines is 2. The molecule has 0 aliphatic heterocycles. The van der Waals surface area contributed by atoms with Crippen molar-refractivity contribution < 1.29 is 35.3 Å². The summed E-state index contributed by atoms with van der Waals surface area (Å²) in [6, 6.07) is -0.352. The van der Waals surface area contributed by atoms with Gasteiger partial charge in [-0.15, -0.1) is 8.96 Å². The molecule has 2 N–H and O–H groups in total. The summed E-state index contributed by atoms with van der Waals surface area (Å²) in [6.07, 6.45) is -10.4. The largest absolute Gasteiger partial charge is 0.418 e. The fourth-order valence-corrected chi connectivity index (χ4v) is 1.23. The van der Waals surface area contributed by atoms with E-state index in [0.29, 0.717) is 11.1 Å². The maximum atomic E-state index is 12.4. The minimum Gasteiger partial charge on any atom is -0.224 e. The van der Waals surface area contributed by atoms with Crippen LogP contribution in [0.1, 0.15) is 11.1 Å². The zero-order chi connectivity index (χ0) is 14.1. The highest BCUT2D eigenvalue weighted by atomic mass is 19.4. The van der Waals surface area contributed by atoms with Crippen LogP contribution in [-0.2, 0) is 12.4 Å². The highest BCUT2D eigenvalue weighted by molar-refractivity contribution is 5.65. The van der Waals surface area contributed by atoms with Gasteiger partial charge >= 0.3 is 12.4 Å². The molecule has 0 aliphatic rings. The first-order valence-corrected chi connectivity index (χ1v) is 4.17. The fraction of sp³-hybridized carbons (Fsp3) is 0.250. The molecule has 18 heavy (non-hydrogen) atoms. The van der Waals surface area contributed by atoms with Gasteiger partial charge in [0.2, 0.25) is 0 Å². The van der Waals surface area contributed by atoms with Crippen molar-refractivity contribution in [1.82, 2.24) is 0 Å². The lowest BCUT2D eigenvalue weighted by Gasteiger charge is -2.17. The Bertz CT molecular complexity index is 399. The number of halogens is 8. The molecule has 0 heterocycles. The summed E-state index contributed by atoms with van der Waals surface area (Å²) in [7, 11) is 0. The average Bonchev–Trinajstić information content (AvgIpc) is 2.24. The minimum atomic E-state index is -5.22. The predicted octanol–water partition coefficient (Wildman–Crippen LogP) is 4.32. The lowest BCUT2D eigenvalue weighted by Crippen LogP contribution is -2.14. The van der Waals surface area contributed by atoms with E-state index >= 15 is 0 Å². The Labute approximate surface area is 94.5 Å². The van der Waals surface area contributed by atoms with Gasteiger partial charge in [-0.2, -0.15) is 26.3 Å². The first kappa shape index (κ1) is 14.3. The van der Waals surface area contributed by atoms with Gasteiger partial charge in [-0.05, 0) is 12.1 Å². The van der Waals surface area contributed by atoms with Crippen LogP contribution in [0.15, 0.2) is 12.1 Å². The molecule has 0 unspecified atom stereocenters. The fourth-order valence-electron chi connectivity index (χ4n) is 1.23. The molecule has 0 saturated heterocycles. The molecule has 10 heteroatoms. The zero-order valence-electron chi connectivity index (χ0n) is 8.18. The maximum absolute atomic E-state index is 12.4. The summed E-state index contributed by atoms with van der Waals surface area (Å²) in [5.74, 6) is 0. The van der Waals surface area contributed by atoms with E-state index in [-0.39, 0.29) is 12.1 Å². The Morgan fingerprint density at radius 3 is 1.22 bits per heavy atom. The van der Waals surface area contributed by atoms with Crippen molar-refractivity contribution in [2.24, 2.45) is 0 Å². The molecule has 1 rings (SSSR count). The Morgan fingerprint density at radius 2 is 1.00 bits per heavy atom. The topological polar surface area (TPSA) is 24.1 Å². The molecular formula is C8H4F8N2. The first-order chi connectivity index (χ1) is 8.11. The molecule has 1 aromatic rings. The van der Waals surface area contributed by atoms with Crippen LogP contribution in [0.2, 0.25) is 0 Å². The van der Waals surface area contributed by atoms with E-state index in [2.05, 4.69) is 0 Å². The third-order valence-corrected chi connectivity index (χ3v) is 1.97. The van der Waals surface area contributed by atoms with Gasteiger partial charge in [0.05, 0.1) is 22.5 Å². The van der Waals surface area contributed by atoms with Gasteiger partial charge in [0.1, 0.15) is 0 Å². The molecule has 0 amide bonds. The van der Waals surface area contributed by atoms with Crippen molar-refractivity contribution in [1.29, 1.82) is 0 Å². The van der Waals surface area contributed by atoms with Crippen molar-refractivity contribution in [3.63, 3.8) is 0 Å². The van der Waals surface area contributed by atoms with Crippen LogP contribution in [-0.4, -0.2) is 0 Å². The second-order valence-corrected chi connectivity index (χ2v) is 3.13. The summed E-state index contributed by atoms with van der Waals surface area (Å²) in [4.78, 5) is 0. The number of benzene rings is 1. The van der Waals surface area contributed by atoms with Crippen molar-refractivity contribution in [2.45, 2.75) is 12.4 Å². The molecule has 0 aliphatic carbocycles. The minimum absolute atomic E-state index is 0.0334. The molecular weight excluding hydrogens is 276 g/mol. The summed E-state index contributed by atoms with van der Waals surface area (Å²) in [5, 5.41) is 0. The molecule has 2 nitrogen and oxygen atoms in total. The van der Waals surface area contributed by atoms with Crippen LogP contribution in [0.3, 0.4) is 0 Å². The number of rotatable bonds is 2. The van der Waals surface area contributed by atoms with Gasteiger partial charge in [0.15, 0.2) is 0 Å². The third kappa shape index (κ3) is 2.74. The predicted molar refractivity (Wildman–Crippen MR) is 45.9 cm³/mol. The Hall–Kier alpha value is -1.74. The van der Waals surface area contributed by atoms with Crippen molar-refractivity contribution in [2.75, 3.05) is 11.1 Å².